The van der Waals surface area contributed by atoms with Gasteiger partial charge in [0.25, 0.3) is 0 Å². The van der Waals surface area contributed by atoms with E-state index >= 15 is 0 Å². The predicted octanol–water partition coefficient (Wildman–Crippen LogP) is -5.69. The number of aromatic nitrogens is 2. The molecule has 19 N–H and O–H groups in total. The molecule has 0 aromatic carbocycles. The zero-order valence-corrected chi connectivity index (χ0v) is 34.7. The lowest BCUT2D eigenvalue weighted by atomic mass is 10.0. The van der Waals surface area contributed by atoms with E-state index in [2.05, 4.69) is 46.5 Å². The molecule has 0 unspecified atom stereocenters. The van der Waals surface area contributed by atoms with E-state index in [4.69, 9.17) is 28.7 Å². The van der Waals surface area contributed by atoms with Gasteiger partial charge in [-0.05, 0) is 57.8 Å². The fraction of sp³-hybridized carbons (Fsp3) is 0.667. The molecule has 25 nitrogen and oxygen atoms in total. The Bertz CT molecular complexity index is 1680. The molecule has 1 aromatic rings. The number of aliphatic imine (C=N–C) groups is 2. The molecule has 1 aliphatic heterocycles. The lowest BCUT2D eigenvalue weighted by Gasteiger charge is -2.31. The molecule has 1 fully saturated rings. The highest BCUT2D eigenvalue weighted by atomic mass is 16.4. The number of amides is 6. The van der Waals surface area contributed by atoms with Crippen LogP contribution < -0.4 is 55.3 Å². The molecule has 2 rings (SSSR count). The monoisotopic (exact) mass is 865 g/mol. The van der Waals surface area contributed by atoms with Crippen LogP contribution in [0, 0.1) is 5.92 Å². The molecule has 0 saturated carbocycles. The summed E-state index contributed by atoms with van der Waals surface area (Å²) in [6.07, 6.45) is 2.45. The lowest BCUT2D eigenvalue weighted by molar-refractivity contribution is -0.144. The van der Waals surface area contributed by atoms with E-state index in [9.17, 15) is 48.9 Å². The summed E-state index contributed by atoms with van der Waals surface area (Å²) in [5, 5.41) is 42.0. The van der Waals surface area contributed by atoms with Crippen LogP contribution in [0.4, 0.5) is 0 Å². The number of likely N-dealkylation sites (tertiary alicyclic amines) is 1. The van der Waals surface area contributed by atoms with Crippen molar-refractivity contribution in [3.63, 3.8) is 0 Å². The van der Waals surface area contributed by atoms with Crippen LogP contribution in [-0.2, 0) is 40.0 Å². The first-order valence-electron chi connectivity index (χ1n) is 19.9. The molecule has 342 valence electrons. The molecule has 0 spiro atoms. The zero-order valence-electron chi connectivity index (χ0n) is 34.7. The van der Waals surface area contributed by atoms with Crippen LogP contribution in [0.5, 0.6) is 0 Å². The number of nitrogens with two attached hydrogens (primary N) is 5. The van der Waals surface area contributed by atoms with Gasteiger partial charge in [0, 0.05) is 37.9 Å². The summed E-state index contributed by atoms with van der Waals surface area (Å²) in [6.45, 7) is 4.34. The standard InChI is InChI=1S/C36H63N15O10/c1-18(2)13-24(33(59)51-12-6-9-26(51)31(57)50-25(16-52)30(56)47-22(34(60)61)8-5-11-44-36(40)41)49-28(54)21(7-4-10-43-35(38)39)46-29(55)23(14-20-15-42-17-45-20)48-32(58)27(37)19(3)53/h15,17-19,21-27,52-53H,4-14,16,37H2,1-3H3,(H,42,45)(H,46,55)(H,47,56)(H,48,58)(H,49,54)(H,50,57)(H,60,61)(H4,38,39,43)(H4,40,41,44)/t19-,21+,22+,23+,24+,25+,26+,27+/m1/s1. The Morgan fingerprint density at radius 2 is 1.36 bits per heavy atom. The number of aromatic amines is 1. The maximum atomic E-state index is 14.2. The quantitative estimate of drug-likeness (QED) is 0.0234. The molecule has 25 heteroatoms. The summed E-state index contributed by atoms with van der Waals surface area (Å²) in [6, 6.07) is -9.22. The van der Waals surface area contributed by atoms with E-state index in [-0.39, 0.29) is 82.4 Å². The Balaban J connectivity index is 2.29. The van der Waals surface area contributed by atoms with Crippen molar-refractivity contribution in [3.05, 3.63) is 18.2 Å². The number of aliphatic hydroxyl groups excluding tert-OH is 2. The second kappa shape index (κ2) is 25.5. The molecule has 2 heterocycles. The van der Waals surface area contributed by atoms with Gasteiger partial charge in [-0.1, -0.05) is 13.8 Å². The molecule has 0 radical (unpaired) electrons. The van der Waals surface area contributed by atoms with Gasteiger partial charge in [-0.15, -0.1) is 0 Å². The van der Waals surface area contributed by atoms with E-state index in [1.807, 2.05) is 13.8 Å². The topological polar surface area (TPSA) is 427 Å². The molecule has 1 aliphatic rings. The lowest BCUT2D eigenvalue weighted by Crippen LogP contribution is -2.60. The fourth-order valence-corrected chi connectivity index (χ4v) is 6.32. The third-order valence-electron chi connectivity index (χ3n) is 9.55. The number of nitrogens with zero attached hydrogens (tertiary/aromatic N) is 4. The summed E-state index contributed by atoms with van der Waals surface area (Å²) < 4.78 is 0. The molecule has 6 amide bonds. The number of H-pyrrole nitrogens is 1. The van der Waals surface area contributed by atoms with E-state index in [0.29, 0.717) is 12.1 Å². The van der Waals surface area contributed by atoms with Crippen molar-refractivity contribution in [3.8, 4) is 0 Å². The Labute approximate surface area is 352 Å². The fourth-order valence-electron chi connectivity index (χ4n) is 6.32. The second-order valence-corrected chi connectivity index (χ2v) is 15.1. The van der Waals surface area contributed by atoms with Crippen molar-refractivity contribution in [1.29, 1.82) is 0 Å². The summed E-state index contributed by atoms with van der Waals surface area (Å²) >= 11 is 0. The Morgan fingerprint density at radius 3 is 1.89 bits per heavy atom. The number of rotatable bonds is 26. The van der Waals surface area contributed by atoms with E-state index in [0.717, 1.165) is 0 Å². The van der Waals surface area contributed by atoms with Crippen molar-refractivity contribution in [2.24, 2.45) is 44.6 Å². The van der Waals surface area contributed by atoms with Crippen LogP contribution in [-0.4, -0.2) is 158 Å². The summed E-state index contributed by atoms with van der Waals surface area (Å²) in [5.41, 5.74) is 27.8. The van der Waals surface area contributed by atoms with Crippen molar-refractivity contribution in [1.82, 2.24) is 41.5 Å². The average Bonchev–Trinajstić information content (AvgIpc) is 3.90. The van der Waals surface area contributed by atoms with Gasteiger partial charge >= 0.3 is 5.97 Å². The number of guanidine groups is 2. The Hall–Kier alpha value is -6.08. The first-order valence-corrected chi connectivity index (χ1v) is 19.9. The summed E-state index contributed by atoms with van der Waals surface area (Å²) in [7, 11) is 0. The normalized spacial score (nSPS) is 17.0. The smallest absolute Gasteiger partial charge is 0.326 e. The van der Waals surface area contributed by atoms with Crippen molar-refractivity contribution < 1.29 is 48.9 Å². The Morgan fingerprint density at radius 1 is 0.820 bits per heavy atom. The molecule has 61 heavy (non-hydrogen) atoms. The van der Waals surface area contributed by atoms with E-state index < -0.39 is 96.4 Å². The van der Waals surface area contributed by atoms with Crippen molar-refractivity contribution in [2.75, 3.05) is 26.2 Å². The van der Waals surface area contributed by atoms with Gasteiger partial charge in [0.2, 0.25) is 35.4 Å². The van der Waals surface area contributed by atoms with Crippen LogP contribution in [0.25, 0.3) is 0 Å². The van der Waals surface area contributed by atoms with Crippen LogP contribution in [0.2, 0.25) is 0 Å². The molecular weight excluding hydrogens is 802 g/mol. The largest absolute Gasteiger partial charge is 0.480 e. The van der Waals surface area contributed by atoms with E-state index in [1.165, 1.54) is 24.3 Å². The SMILES string of the molecule is CC(C)C[C@H](NC(=O)[C@H](CCCN=C(N)N)NC(=O)[C@H](Cc1cnc[nH]1)NC(=O)[C@@H](N)[C@@H](C)O)C(=O)N1CCC[C@H]1C(=O)N[C@@H](CO)C(=O)N[C@@H](CCCN=C(N)N)C(=O)O. The summed E-state index contributed by atoms with van der Waals surface area (Å²) in [5.74, 6) is -6.69. The first kappa shape index (κ1) is 51.1. The number of carbonyl (C=O) groups is 7. The highest BCUT2D eigenvalue weighted by Gasteiger charge is 2.40. The number of carbonyl (C=O) groups excluding carboxylic acids is 6. The van der Waals surface area contributed by atoms with Gasteiger partial charge in [0.15, 0.2) is 11.9 Å². The maximum Gasteiger partial charge on any atom is 0.326 e. The van der Waals surface area contributed by atoms with Crippen LogP contribution in [0.1, 0.15) is 71.4 Å². The highest BCUT2D eigenvalue weighted by Crippen LogP contribution is 2.21. The second-order valence-electron chi connectivity index (χ2n) is 15.1. The average molecular weight is 866 g/mol. The van der Waals surface area contributed by atoms with Gasteiger partial charge in [-0.25, -0.2) is 9.78 Å². The van der Waals surface area contributed by atoms with Crippen LogP contribution >= 0.6 is 0 Å². The van der Waals surface area contributed by atoms with Crippen molar-refractivity contribution >= 4 is 53.3 Å². The molecule has 0 aliphatic carbocycles. The number of carboxylic acids is 1. The van der Waals surface area contributed by atoms with Crippen LogP contribution in [0.3, 0.4) is 0 Å². The number of imidazole rings is 1. The minimum atomic E-state index is -1.57. The minimum Gasteiger partial charge on any atom is -0.480 e. The maximum absolute atomic E-state index is 14.2. The number of carboxylic acid groups (broad SMARTS) is 1. The number of hydrogen-bond donors (Lipinski definition) is 14. The number of aliphatic carboxylic acids is 1. The van der Waals surface area contributed by atoms with Gasteiger partial charge in [0.1, 0.15) is 42.3 Å². The zero-order chi connectivity index (χ0) is 45.8. The van der Waals surface area contributed by atoms with E-state index in [1.54, 1.807) is 0 Å². The van der Waals surface area contributed by atoms with Gasteiger partial charge < -0.3 is 80.5 Å². The number of nitrogens with one attached hydrogen (secondary N) is 6. The third kappa shape index (κ3) is 17.6. The molecule has 1 saturated heterocycles. The van der Waals surface area contributed by atoms with Crippen LogP contribution in [0.15, 0.2) is 22.5 Å². The predicted molar refractivity (Wildman–Crippen MR) is 220 cm³/mol. The number of aliphatic hydroxyl groups is 2. The van der Waals surface area contributed by atoms with Gasteiger partial charge in [-0.3, -0.25) is 38.8 Å². The van der Waals surface area contributed by atoms with Crippen molar-refractivity contribution in [2.45, 2.75) is 121 Å². The number of hydrogen-bond acceptors (Lipinski definition) is 13. The third-order valence-corrected chi connectivity index (χ3v) is 9.55. The highest BCUT2D eigenvalue weighted by molar-refractivity contribution is 5.97. The summed E-state index contributed by atoms with van der Waals surface area (Å²) in [4.78, 5) is 109. The molecule has 8 atom stereocenters. The molecule has 1 aromatic heterocycles. The first-order chi connectivity index (χ1) is 28.7. The van der Waals surface area contributed by atoms with Gasteiger partial charge in [0.05, 0.1) is 19.0 Å². The molecule has 0 bridgehead atoms. The molecular formula is C36H63N15O10. The Kier molecular flexibility index (Phi) is 21.4. The van der Waals surface area contributed by atoms with Gasteiger partial charge in [-0.2, -0.15) is 0 Å². The minimum absolute atomic E-state index is 0.0206.